The summed E-state index contributed by atoms with van der Waals surface area (Å²) in [5.41, 5.74) is 0. The molecule has 1 aliphatic rings. The van der Waals surface area contributed by atoms with Crippen LogP contribution >= 0.6 is 0 Å². The van der Waals surface area contributed by atoms with Gasteiger partial charge in [-0.2, -0.15) is 0 Å². The van der Waals surface area contributed by atoms with Gasteiger partial charge in [-0.15, -0.1) is 0 Å². The van der Waals surface area contributed by atoms with E-state index < -0.39 is 0 Å². The summed E-state index contributed by atoms with van der Waals surface area (Å²) in [6.45, 7) is 6.04. The van der Waals surface area contributed by atoms with Gasteiger partial charge in [0.2, 0.25) is 5.91 Å². The SMILES string of the molecule is CC=CC(=O)N1CCCC(CCC)CC1. The average Bonchev–Trinajstić information content (AvgIpc) is 2.44. The van der Waals surface area contributed by atoms with E-state index in [2.05, 4.69) is 6.92 Å². The van der Waals surface area contributed by atoms with E-state index in [1.165, 1.54) is 32.1 Å². The van der Waals surface area contributed by atoms with Gasteiger partial charge in [0.1, 0.15) is 0 Å². The molecule has 1 rings (SSSR count). The molecule has 0 radical (unpaired) electrons. The van der Waals surface area contributed by atoms with Crippen molar-refractivity contribution in [1.82, 2.24) is 4.90 Å². The summed E-state index contributed by atoms with van der Waals surface area (Å²) < 4.78 is 0. The standard InChI is InChI=1S/C13H23NO/c1-3-6-12-8-5-10-14(11-9-12)13(15)7-4-2/h4,7,12H,3,5-6,8-11H2,1-2H3. The zero-order valence-corrected chi connectivity index (χ0v) is 10.0. The smallest absolute Gasteiger partial charge is 0.246 e. The Hall–Kier alpha value is -0.790. The monoisotopic (exact) mass is 209 g/mol. The molecular weight excluding hydrogens is 186 g/mol. The highest BCUT2D eigenvalue weighted by atomic mass is 16.2. The summed E-state index contributed by atoms with van der Waals surface area (Å²) in [4.78, 5) is 13.7. The quantitative estimate of drug-likeness (QED) is 0.654. The molecule has 86 valence electrons. The molecule has 1 atom stereocenters. The van der Waals surface area contributed by atoms with Crippen molar-refractivity contribution < 1.29 is 4.79 Å². The summed E-state index contributed by atoms with van der Waals surface area (Å²) in [5, 5.41) is 0. The number of likely N-dealkylation sites (tertiary alicyclic amines) is 1. The number of nitrogens with zero attached hydrogens (tertiary/aromatic N) is 1. The van der Waals surface area contributed by atoms with Crippen LogP contribution in [0.15, 0.2) is 12.2 Å². The molecule has 1 fully saturated rings. The van der Waals surface area contributed by atoms with Crippen LogP contribution < -0.4 is 0 Å². The van der Waals surface area contributed by atoms with Crippen molar-refractivity contribution in [1.29, 1.82) is 0 Å². The summed E-state index contributed by atoms with van der Waals surface area (Å²) in [5.74, 6) is 1.04. The van der Waals surface area contributed by atoms with Gasteiger partial charge in [0.25, 0.3) is 0 Å². The van der Waals surface area contributed by atoms with Crippen LogP contribution in [-0.2, 0) is 4.79 Å². The Morgan fingerprint density at radius 2 is 2.20 bits per heavy atom. The maximum absolute atomic E-state index is 11.7. The molecule has 2 heteroatoms. The largest absolute Gasteiger partial charge is 0.339 e. The van der Waals surface area contributed by atoms with Crippen LogP contribution in [0.5, 0.6) is 0 Å². The highest BCUT2D eigenvalue weighted by Gasteiger charge is 2.18. The maximum Gasteiger partial charge on any atom is 0.246 e. The van der Waals surface area contributed by atoms with Crippen molar-refractivity contribution in [2.75, 3.05) is 13.1 Å². The van der Waals surface area contributed by atoms with Gasteiger partial charge in [0.15, 0.2) is 0 Å². The van der Waals surface area contributed by atoms with E-state index in [-0.39, 0.29) is 5.91 Å². The van der Waals surface area contributed by atoms with E-state index in [0.717, 1.165) is 19.0 Å². The average molecular weight is 209 g/mol. The molecule has 1 saturated heterocycles. The Balaban J connectivity index is 2.41. The van der Waals surface area contributed by atoms with Gasteiger partial charge in [-0.05, 0) is 38.2 Å². The van der Waals surface area contributed by atoms with Crippen molar-refractivity contribution in [3.05, 3.63) is 12.2 Å². The fourth-order valence-corrected chi connectivity index (χ4v) is 2.33. The minimum atomic E-state index is 0.189. The Kier molecular flexibility index (Phi) is 5.44. The van der Waals surface area contributed by atoms with Crippen molar-refractivity contribution in [2.24, 2.45) is 5.92 Å². The molecule has 15 heavy (non-hydrogen) atoms. The zero-order chi connectivity index (χ0) is 11.1. The first-order chi connectivity index (χ1) is 7.27. The van der Waals surface area contributed by atoms with Crippen LogP contribution in [0.1, 0.15) is 46.0 Å². The molecule has 1 heterocycles. The van der Waals surface area contributed by atoms with E-state index >= 15 is 0 Å². The number of amides is 1. The summed E-state index contributed by atoms with van der Waals surface area (Å²) in [6, 6.07) is 0. The topological polar surface area (TPSA) is 20.3 Å². The lowest BCUT2D eigenvalue weighted by molar-refractivity contribution is -0.126. The lowest BCUT2D eigenvalue weighted by atomic mass is 9.96. The first-order valence-electron chi connectivity index (χ1n) is 6.19. The molecule has 1 aliphatic heterocycles. The van der Waals surface area contributed by atoms with Crippen molar-refractivity contribution in [2.45, 2.75) is 46.0 Å². The second-order valence-corrected chi connectivity index (χ2v) is 4.41. The highest BCUT2D eigenvalue weighted by Crippen LogP contribution is 2.21. The molecule has 2 nitrogen and oxygen atoms in total. The number of allylic oxidation sites excluding steroid dienone is 1. The van der Waals surface area contributed by atoms with E-state index in [4.69, 9.17) is 0 Å². The lowest BCUT2D eigenvalue weighted by Crippen LogP contribution is -2.30. The van der Waals surface area contributed by atoms with Gasteiger partial charge in [0, 0.05) is 13.1 Å². The van der Waals surface area contributed by atoms with Crippen LogP contribution in [0.4, 0.5) is 0 Å². The molecule has 1 unspecified atom stereocenters. The minimum absolute atomic E-state index is 0.189. The van der Waals surface area contributed by atoms with E-state index in [9.17, 15) is 4.79 Å². The first-order valence-corrected chi connectivity index (χ1v) is 6.19. The molecule has 0 saturated carbocycles. The fraction of sp³-hybridized carbons (Fsp3) is 0.769. The number of hydrogen-bond donors (Lipinski definition) is 0. The van der Waals surface area contributed by atoms with Gasteiger partial charge in [0.05, 0.1) is 0 Å². The summed E-state index contributed by atoms with van der Waals surface area (Å²) in [6.07, 6.45) is 9.77. The minimum Gasteiger partial charge on any atom is -0.339 e. The second kappa shape index (κ2) is 6.65. The van der Waals surface area contributed by atoms with Gasteiger partial charge >= 0.3 is 0 Å². The summed E-state index contributed by atoms with van der Waals surface area (Å²) >= 11 is 0. The molecular formula is C13H23NO. The lowest BCUT2D eigenvalue weighted by Gasteiger charge is -2.18. The number of carbonyl (C=O) groups is 1. The molecule has 0 aromatic carbocycles. The van der Waals surface area contributed by atoms with Crippen LogP contribution in [0.3, 0.4) is 0 Å². The van der Waals surface area contributed by atoms with Gasteiger partial charge in [-0.1, -0.05) is 25.8 Å². The van der Waals surface area contributed by atoms with Gasteiger partial charge in [-0.3, -0.25) is 4.79 Å². The third kappa shape index (κ3) is 4.06. The van der Waals surface area contributed by atoms with E-state index in [0.29, 0.717) is 0 Å². The normalized spacial score (nSPS) is 23.1. The molecule has 0 aromatic rings. The highest BCUT2D eigenvalue weighted by molar-refractivity contribution is 5.87. The van der Waals surface area contributed by atoms with Crippen molar-refractivity contribution >= 4 is 5.91 Å². The molecule has 0 bridgehead atoms. The third-order valence-electron chi connectivity index (χ3n) is 3.17. The third-order valence-corrected chi connectivity index (χ3v) is 3.17. The Morgan fingerprint density at radius 1 is 1.40 bits per heavy atom. The molecule has 1 amide bonds. The Labute approximate surface area is 93.3 Å². The van der Waals surface area contributed by atoms with Gasteiger partial charge in [-0.25, -0.2) is 0 Å². The number of carbonyl (C=O) groups excluding carboxylic acids is 1. The predicted octanol–water partition coefficient (Wildman–Crippen LogP) is 2.99. The number of rotatable bonds is 3. The molecule has 0 aliphatic carbocycles. The Bertz CT molecular complexity index is 223. The zero-order valence-electron chi connectivity index (χ0n) is 10.0. The van der Waals surface area contributed by atoms with Crippen LogP contribution in [0.2, 0.25) is 0 Å². The van der Waals surface area contributed by atoms with Crippen molar-refractivity contribution in [3.8, 4) is 0 Å². The molecule has 0 N–H and O–H groups in total. The molecule has 0 aromatic heterocycles. The first kappa shape index (κ1) is 12.3. The van der Waals surface area contributed by atoms with Crippen LogP contribution in [0, 0.1) is 5.92 Å². The fourth-order valence-electron chi connectivity index (χ4n) is 2.33. The van der Waals surface area contributed by atoms with E-state index in [1.54, 1.807) is 6.08 Å². The van der Waals surface area contributed by atoms with Crippen LogP contribution in [0.25, 0.3) is 0 Å². The summed E-state index contributed by atoms with van der Waals surface area (Å²) in [7, 11) is 0. The number of hydrogen-bond acceptors (Lipinski definition) is 1. The van der Waals surface area contributed by atoms with Crippen LogP contribution in [-0.4, -0.2) is 23.9 Å². The maximum atomic E-state index is 11.7. The van der Waals surface area contributed by atoms with Crippen molar-refractivity contribution in [3.63, 3.8) is 0 Å². The Morgan fingerprint density at radius 3 is 2.87 bits per heavy atom. The molecule has 0 spiro atoms. The van der Waals surface area contributed by atoms with Gasteiger partial charge < -0.3 is 4.90 Å². The second-order valence-electron chi connectivity index (χ2n) is 4.41. The van der Waals surface area contributed by atoms with E-state index in [1.807, 2.05) is 17.9 Å². The predicted molar refractivity (Wildman–Crippen MR) is 63.6 cm³/mol.